The number of sulfone groups is 1. The number of hydrogen-bond acceptors (Lipinski definition) is 5. The summed E-state index contributed by atoms with van der Waals surface area (Å²) in [4.78, 5) is 14.4. The molecule has 0 saturated carbocycles. The van der Waals surface area contributed by atoms with Gasteiger partial charge in [0.15, 0.2) is 9.84 Å². The summed E-state index contributed by atoms with van der Waals surface area (Å²) in [5, 5.41) is 5.95. The molecule has 8 heteroatoms. The number of hydrogen-bond donors (Lipinski definition) is 2. The van der Waals surface area contributed by atoms with Crippen molar-refractivity contribution in [2.45, 2.75) is 37.8 Å². The summed E-state index contributed by atoms with van der Waals surface area (Å²) in [7, 11) is -1.20. The molecule has 2 fully saturated rings. The van der Waals surface area contributed by atoms with E-state index in [0.29, 0.717) is 12.3 Å². The van der Waals surface area contributed by atoms with E-state index in [1.54, 1.807) is 7.11 Å². The Balaban J connectivity index is 1.33. The number of carbonyl (C=O) groups is 1. The lowest BCUT2D eigenvalue weighted by molar-refractivity contribution is 0.155. The molecule has 0 aromatic heterocycles. The molecule has 150 valence electrons. The first kappa shape index (κ1) is 19.9. The molecular formula is C19H29N3O4S. The van der Waals surface area contributed by atoms with Crippen LogP contribution in [0, 0.1) is 0 Å². The Kier molecular flexibility index (Phi) is 6.59. The lowest BCUT2D eigenvalue weighted by Gasteiger charge is -2.35. The standard InChI is InChI=1S/C19H29N3O4S/c1-26-18-4-2-15(3-5-18)6-10-20-19(23)21-16-7-11-22(12-8-16)17-9-13-27(24,25)14-17/h2-5,16-17H,6-14H2,1H3,(H2,20,21,23)/t17-/m0/s1. The zero-order valence-electron chi connectivity index (χ0n) is 15.8. The van der Waals surface area contributed by atoms with E-state index in [2.05, 4.69) is 15.5 Å². The van der Waals surface area contributed by atoms with Gasteiger partial charge in [-0.1, -0.05) is 12.1 Å². The van der Waals surface area contributed by atoms with Crippen LogP contribution in [0.25, 0.3) is 0 Å². The lowest BCUT2D eigenvalue weighted by atomic mass is 10.0. The van der Waals surface area contributed by atoms with E-state index >= 15 is 0 Å². The smallest absolute Gasteiger partial charge is 0.315 e. The number of carbonyl (C=O) groups excluding carboxylic acids is 1. The van der Waals surface area contributed by atoms with Gasteiger partial charge >= 0.3 is 6.03 Å². The van der Waals surface area contributed by atoms with Crippen LogP contribution in [-0.2, 0) is 16.3 Å². The van der Waals surface area contributed by atoms with Gasteiger partial charge in [-0.2, -0.15) is 0 Å². The third-order valence-electron chi connectivity index (χ3n) is 5.45. The van der Waals surface area contributed by atoms with Crippen molar-refractivity contribution in [3.05, 3.63) is 29.8 Å². The Morgan fingerprint density at radius 2 is 1.89 bits per heavy atom. The van der Waals surface area contributed by atoms with Crippen molar-refractivity contribution in [3.63, 3.8) is 0 Å². The maximum Gasteiger partial charge on any atom is 0.315 e. The highest BCUT2D eigenvalue weighted by Crippen LogP contribution is 2.21. The van der Waals surface area contributed by atoms with E-state index in [1.165, 1.54) is 0 Å². The van der Waals surface area contributed by atoms with Crippen LogP contribution in [0.4, 0.5) is 4.79 Å². The molecule has 2 saturated heterocycles. The fraction of sp³-hybridized carbons (Fsp3) is 0.632. The van der Waals surface area contributed by atoms with Gasteiger partial charge in [0, 0.05) is 31.7 Å². The molecule has 1 aromatic rings. The molecule has 0 aliphatic carbocycles. The fourth-order valence-electron chi connectivity index (χ4n) is 3.82. The summed E-state index contributed by atoms with van der Waals surface area (Å²) in [5.41, 5.74) is 1.15. The SMILES string of the molecule is COc1ccc(CCNC(=O)NC2CCN([C@H]3CCS(=O)(=O)C3)CC2)cc1. The minimum absolute atomic E-state index is 0.134. The van der Waals surface area contributed by atoms with Crippen LogP contribution in [-0.4, -0.2) is 69.7 Å². The van der Waals surface area contributed by atoms with Crippen molar-refractivity contribution >= 4 is 15.9 Å². The second-order valence-electron chi connectivity index (χ2n) is 7.37. The Hall–Kier alpha value is -1.80. The molecule has 2 aliphatic rings. The monoisotopic (exact) mass is 395 g/mol. The van der Waals surface area contributed by atoms with Crippen LogP contribution in [0.5, 0.6) is 5.75 Å². The van der Waals surface area contributed by atoms with Gasteiger partial charge in [-0.25, -0.2) is 13.2 Å². The molecule has 1 atom stereocenters. The summed E-state index contributed by atoms with van der Waals surface area (Å²) in [5.74, 6) is 1.43. The predicted molar refractivity (Wildman–Crippen MR) is 105 cm³/mol. The third-order valence-corrected chi connectivity index (χ3v) is 7.20. The first-order valence-corrected chi connectivity index (χ1v) is 11.4. The quantitative estimate of drug-likeness (QED) is 0.755. The zero-order valence-corrected chi connectivity index (χ0v) is 16.6. The number of nitrogens with zero attached hydrogens (tertiary/aromatic N) is 1. The largest absolute Gasteiger partial charge is 0.497 e. The van der Waals surface area contributed by atoms with E-state index in [0.717, 1.165) is 50.1 Å². The zero-order chi connectivity index (χ0) is 19.3. The average molecular weight is 396 g/mol. The molecule has 2 heterocycles. The van der Waals surface area contributed by atoms with Crippen molar-refractivity contribution in [2.75, 3.05) is 38.2 Å². The number of benzene rings is 1. The van der Waals surface area contributed by atoms with Crippen molar-refractivity contribution < 1.29 is 17.9 Å². The molecule has 27 heavy (non-hydrogen) atoms. The number of methoxy groups -OCH3 is 1. The van der Waals surface area contributed by atoms with Crippen LogP contribution < -0.4 is 15.4 Å². The maximum atomic E-state index is 12.1. The minimum Gasteiger partial charge on any atom is -0.497 e. The number of ether oxygens (including phenoxy) is 1. The maximum absolute atomic E-state index is 12.1. The summed E-state index contributed by atoms with van der Waals surface area (Å²) in [6.45, 7) is 2.27. The van der Waals surface area contributed by atoms with Crippen molar-refractivity contribution in [1.82, 2.24) is 15.5 Å². The van der Waals surface area contributed by atoms with Gasteiger partial charge in [0.25, 0.3) is 0 Å². The van der Waals surface area contributed by atoms with Gasteiger partial charge in [-0.05, 0) is 43.4 Å². The average Bonchev–Trinajstić information content (AvgIpc) is 3.03. The molecule has 0 spiro atoms. The van der Waals surface area contributed by atoms with Crippen molar-refractivity contribution in [1.29, 1.82) is 0 Å². The summed E-state index contributed by atoms with van der Waals surface area (Å²) < 4.78 is 28.4. The topological polar surface area (TPSA) is 87.7 Å². The first-order chi connectivity index (χ1) is 12.9. The summed E-state index contributed by atoms with van der Waals surface area (Å²) in [6.07, 6.45) is 3.24. The summed E-state index contributed by atoms with van der Waals surface area (Å²) >= 11 is 0. The van der Waals surface area contributed by atoms with Gasteiger partial charge in [-0.15, -0.1) is 0 Å². The summed E-state index contributed by atoms with van der Waals surface area (Å²) in [6, 6.07) is 8.01. The first-order valence-electron chi connectivity index (χ1n) is 9.57. The third kappa shape index (κ3) is 5.84. The molecule has 0 unspecified atom stereocenters. The number of likely N-dealkylation sites (tertiary alicyclic amines) is 1. The van der Waals surface area contributed by atoms with E-state index < -0.39 is 9.84 Å². The second-order valence-corrected chi connectivity index (χ2v) is 9.59. The normalized spacial score (nSPS) is 23.1. The molecule has 2 N–H and O–H groups in total. The molecule has 2 amide bonds. The van der Waals surface area contributed by atoms with Gasteiger partial charge < -0.3 is 15.4 Å². The Morgan fingerprint density at radius 3 is 2.48 bits per heavy atom. The van der Waals surface area contributed by atoms with E-state index in [-0.39, 0.29) is 23.9 Å². The minimum atomic E-state index is -2.84. The number of rotatable bonds is 6. The molecule has 0 radical (unpaired) electrons. The number of urea groups is 1. The molecule has 3 rings (SSSR count). The predicted octanol–water partition coefficient (Wildman–Crippen LogP) is 1.19. The Labute approximate surface area is 161 Å². The number of piperidine rings is 1. The van der Waals surface area contributed by atoms with Crippen LogP contribution in [0.1, 0.15) is 24.8 Å². The van der Waals surface area contributed by atoms with E-state index in [1.807, 2.05) is 24.3 Å². The van der Waals surface area contributed by atoms with Crippen LogP contribution in [0.2, 0.25) is 0 Å². The van der Waals surface area contributed by atoms with E-state index in [9.17, 15) is 13.2 Å². The molecular weight excluding hydrogens is 366 g/mol. The van der Waals surface area contributed by atoms with Crippen LogP contribution >= 0.6 is 0 Å². The molecule has 1 aromatic carbocycles. The Morgan fingerprint density at radius 1 is 1.19 bits per heavy atom. The molecule has 0 bridgehead atoms. The number of amides is 2. The van der Waals surface area contributed by atoms with Crippen LogP contribution in [0.15, 0.2) is 24.3 Å². The van der Waals surface area contributed by atoms with Crippen molar-refractivity contribution in [3.8, 4) is 5.75 Å². The lowest BCUT2D eigenvalue weighted by Crippen LogP contribution is -2.50. The van der Waals surface area contributed by atoms with Crippen molar-refractivity contribution in [2.24, 2.45) is 0 Å². The second kappa shape index (κ2) is 8.93. The number of nitrogens with one attached hydrogen (secondary N) is 2. The van der Waals surface area contributed by atoms with Gasteiger partial charge in [0.1, 0.15) is 5.75 Å². The Bertz CT molecular complexity index is 728. The van der Waals surface area contributed by atoms with Gasteiger partial charge in [-0.3, -0.25) is 4.90 Å². The fourth-order valence-corrected chi connectivity index (χ4v) is 5.58. The highest BCUT2D eigenvalue weighted by Gasteiger charge is 2.34. The van der Waals surface area contributed by atoms with Gasteiger partial charge in [0.05, 0.1) is 18.6 Å². The van der Waals surface area contributed by atoms with Gasteiger partial charge in [0.2, 0.25) is 0 Å². The highest BCUT2D eigenvalue weighted by molar-refractivity contribution is 7.91. The highest BCUT2D eigenvalue weighted by atomic mass is 32.2. The molecule has 7 nitrogen and oxygen atoms in total. The van der Waals surface area contributed by atoms with Crippen LogP contribution in [0.3, 0.4) is 0 Å². The van der Waals surface area contributed by atoms with E-state index in [4.69, 9.17) is 4.74 Å². The molecule has 2 aliphatic heterocycles.